The second kappa shape index (κ2) is 7.11. The minimum absolute atomic E-state index is 0.500. The molecule has 0 aliphatic carbocycles. The van der Waals surface area contributed by atoms with Crippen LogP contribution in [0.1, 0.15) is 56.6 Å². The first kappa shape index (κ1) is 14.6. The quantitative estimate of drug-likeness (QED) is 0.883. The highest BCUT2D eigenvalue weighted by atomic mass is 16.3. The SMILES string of the molecule is Cc1oc(CNC(C)C)cc1CN1CCCCCC1. The molecule has 0 atom stereocenters. The fourth-order valence-corrected chi connectivity index (χ4v) is 2.67. The highest BCUT2D eigenvalue weighted by Crippen LogP contribution is 2.19. The van der Waals surface area contributed by atoms with Crippen molar-refractivity contribution in [2.75, 3.05) is 13.1 Å². The summed E-state index contributed by atoms with van der Waals surface area (Å²) in [6.45, 7) is 10.8. The molecular weight excluding hydrogens is 236 g/mol. The van der Waals surface area contributed by atoms with Crippen LogP contribution in [0.25, 0.3) is 0 Å². The largest absolute Gasteiger partial charge is 0.465 e. The van der Waals surface area contributed by atoms with E-state index in [1.807, 2.05) is 0 Å². The summed E-state index contributed by atoms with van der Waals surface area (Å²) in [5.41, 5.74) is 1.36. The van der Waals surface area contributed by atoms with Crippen molar-refractivity contribution < 1.29 is 4.42 Å². The minimum Gasteiger partial charge on any atom is -0.465 e. The van der Waals surface area contributed by atoms with Crippen LogP contribution in [0.2, 0.25) is 0 Å². The van der Waals surface area contributed by atoms with Crippen LogP contribution in [0.4, 0.5) is 0 Å². The molecule has 1 fully saturated rings. The highest BCUT2D eigenvalue weighted by molar-refractivity contribution is 5.20. The Hall–Kier alpha value is -0.800. The second-order valence-corrected chi connectivity index (χ2v) is 6.02. The van der Waals surface area contributed by atoms with Crippen molar-refractivity contribution in [1.29, 1.82) is 0 Å². The zero-order valence-electron chi connectivity index (χ0n) is 12.7. The predicted molar refractivity (Wildman–Crippen MR) is 79.2 cm³/mol. The maximum absolute atomic E-state index is 5.85. The van der Waals surface area contributed by atoms with Crippen LogP contribution in [0.3, 0.4) is 0 Å². The van der Waals surface area contributed by atoms with Gasteiger partial charge >= 0.3 is 0 Å². The van der Waals surface area contributed by atoms with Gasteiger partial charge in [-0.1, -0.05) is 26.7 Å². The summed E-state index contributed by atoms with van der Waals surface area (Å²) in [6.07, 6.45) is 5.48. The van der Waals surface area contributed by atoms with Gasteiger partial charge in [-0.15, -0.1) is 0 Å². The third kappa shape index (κ3) is 4.66. The maximum atomic E-state index is 5.85. The second-order valence-electron chi connectivity index (χ2n) is 6.02. The Bertz CT molecular complexity index is 376. The van der Waals surface area contributed by atoms with Gasteiger partial charge in [0.2, 0.25) is 0 Å². The van der Waals surface area contributed by atoms with E-state index < -0.39 is 0 Å². The highest BCUT2D eigenvalue weighted by Gasteiger charge is 2.13. The Morgan fingerprint density at radius 1 is 1.21 bits per heavy atom. The van der Waals surface area contributed by atoms with Crippen LogP contribution in [0.5, 0.6) is 0 Å². The maximum Gasteiger partial charge on any atom is 0.118 e. The lowest BCUT2D eigenvalue weighted by Crippen LogP contribution is -2.24. The summed E-state index contributed by atoms with van der Waals surface area (Å²) in [7, 11) is 0. The number of hydrogen-bond acceptors (Lipinski definition) is 3. The van der Waals surface area contributed by atoms with Gasteiger partial charge in [-0.2, -0.15) is 0 Å². The molecule has 1 aliphatic heterocycles. The molecule has 0 unspecified atom stereocenters. The van der Waals surface area contributed by atoms with E-state index in [0.29, 0.717) is 6.04 Å². The van der Waals surface area contributed by atoms with Gasteiger partial charge in [0.05, 0.1) is 6.54 Å². The molecule has 1 N–H and O–H groups in total. The molecule has 0 spiro atoms. The lowest BCUT2D eigenvalue weighted by Gasteiger charge is -2.18. The number of hydrogen-bond donors (Lipinski definition) is 1. The smallest absolute Gasteiger partial charge is 0.118 e. The molecule has 0 amide bonds. The van der Waals surface area contributed by atoms with Crippen molar-refractivity contribution >= 4 is 0 Å². The van der Waals surface area contributed by atoms with E-state index >= 15 is 0 Å². The van der Waals surface area contributed by atoms with Crippen molar-refractivity contribution in [3.05, 3.63) is 23.2 Å². The molecule has 3 heteroatoms. The molecule has 1 aromatic rings. The number of rotatable bonds is 5. The minimum atomic E-state index is 0.500. The Kier molecular flexibility index (Phi) is 5.46. The third-order valence-corrected chi connectivity index (χ3v) is 3.85. The van der Waals surface area contributed by atoms with Crippen LogP contribution < -0.4 is 5.32 Å². The number of likely N-dealkylation sites (tertiary alicyclic amines) is 1. The van der Waals surface area contributed by atoms with Crippen LogP contribution >= 0.6 is 0 Å². The zero-order valence-corrected chi connectivity index (χ0v) is 12.7. The molecule has 0 bridgehead atoms. The molecule has 0 saturated carbocycles. The predicted octanol–water partition coefficient (Wildman–Crippen LogP) is 3.46. The van der Waals surface area contributed by atoms with Crippen molar-refractivity contribution in [1.82, 2.24) is 10.2 Å². The van der Waals surface area contributed by atoms with Crippen LogP contribution in [-0.2, 0) is 13.1 Å². The van der Waals surface area contributed by atoms with E-state index in [1.54, 1.807) is 0 Å². The molecule has 3 nitrogen and oxygen atoms in total. The zero-order chi connectivity index (χ0) is 13.7. The number of aryl methyl sites for hydroxylation is 1. The molecular formula is C16H28N2O. The number of nitrogens with one attached hydrogen (secondary N) is 1. The van der Waals surface area contributed by atoms with Crippen LogP contribution in [0, 0.1) is 6.92 Å². The fraction of sp³-hybridized carbons (Fsp3) is 0.750. The average molecular weight is 264 g/mol. The molecule has 108 valence electrons. The standard InChI is InChI=1S/C16H28N2O/c1-13(2)17-11-16-10-15(14(3)19-16)12-18-8-6-4-5-7-9-18/h10,13,17H,4-9,11-12H2,1-3H3. The first-order valence-corrected chi connectivity index (χ1v) is 7.69. The van der Waals surface area contributed by atoms with Gasteiger partial charge in [0, 0.05) is 18.2 Å². The van der Waals surface area contributed by atoms with E-state index in [1.165, 1.54) is 44.3 Å². The monoisotopic (exact) mass is 264 g/mol. The van der Waals surface area contributed by atoms with Crippen molar-refractivity contribution in [3.63, 3.8) is 0 Å². The van der Waals surface area contributed by atoms with Gasteiger partial charge in [-0.05, 0) is 38.9 Å². The fourth-order valence-electron chi connectivity index (χ4n) is 2.67. The van der Waals surface area contributed by atoms with E-state index in [9.17, 15) is 0 Å². The van der Waals surface area contributed by atoms with Gasteiger partial charge in [0.1, 0.15) is 11.5 Å². The van der Waals surface area contributed by atoms with Crippen molar-refractivity contribution in [3.8, 4) is 0 Å². The van der Waals surface area contributed by atoms with E-state index in [2.05, 4.69) is 37.1 Å². The Balaban J connectivity index is 1.91. The summed E-state index contributed by atoms with van der Waals surface area (Å²) >= 11 is 0. The molecule has 2 heterocycles. The lowest BCUT2D eigenvalue weighted by molar-refractivity contribution is 0.275. The van der Waals surface area contributed by atoms with Crippen LogP contribution in [0.15, 0.2) is 10.5 Å². The van der Waals surface area contributed by atoms with Gasteiger partial charge in [0.15, 0.2) is 0 Å². The van der Waals surface area contributed by atoms with Crippen LogP contribution in [-0.4, -0.2) is 24.0 Å². The van der Waals surface area contributed by atoms with Crippen molar-refractivity contribution in [2.24, 2.45) is 0 Å². The first-order chi connectivity index (χ1) is 9.15. The van der Waals surface area contributed by atoms with E-state index in [0.717, 1.165) is 24.6 Å². The van der Waals surface area contributed by atoms with E-state index in [4.69, 9.17) is 4.42 Å². The molecule has 1 saturated heterocycles. The molecule has 0 aromatic carbocycles. The Labute approximate surface area is 117 Å². The summed E-state index contributed by atoms with van der Waals surface area (Å²) in [5, 5.41) is 3.41. The Morgan fingerprint density at radius 2 is 1.89 bits per heavy atom. The third-order valence-electron chi connectivity index (χ3n) is 3.85. The Morgan fingerprint density at radius 3 is 2.53 bits per heavy atom. The summed E-state index contributed by atoms with van der Waals surface area (Å²) in [6, 6.07) is 2.73. The van der Waals surface area contributed by atoms with Crippen molar-refractivity contribution in [2.45, 2.75) is 65.6 Å². The lowest BCUT2D eigenvalue weighted by atomic mass is 10.2. The average Bonchev–Trinajstić information content (AvgIpc) is 2.57. The molecule has 2 rings (SSSR count). The van der Waals surface area contributed by atoms with Gasteiger partial charge in [0.25, 0.3) is 0 Å². The summed E-state index contributed by atoms with van der Waals surface area (Å²) in [5.74, 6) is 2.15. The van der Waals surface area contributed by atoms with Gasteiger partial charge in [-0.25, -0.2) is 0 Å². The number of nitrogens with zero attached hydrogens (tertiary/aromatic N) is 1. The summed E-state index contributed by atoms with van der Waals surface area (Å²) in [4.78, 5) is 2.57. The molecule has 1 aromatic heterocycles. The van der Waals surface area contributed by atoms with Gasteiger partial charge < -0.3 is 9.73 Å². The normalized spacial score (nSPS) is 17.9. The molecule has 0 radical (unpaired) electrons. The molecule has 1 aliphatic rings. The topological polar surface area (TPSA) is 28.4 Å². The van der Waals surface area contributed by atoms with E-state index in [-0.39, 0.29) is 0 Å². The summed E-state index contributed by atoms with van der Waals surface area (Å²) < 4.78 is 5.85. The number of furan rings is 1. The van der Waals surface area contributed by atoms with Gasteiger partial charge in [-0.3, -0.25) is 4.90 Å². The first-order valence-electron chi connectivity index (χ1n) is 7.69. The molecule has 19 heavy (non-hydrogen) atoms.